The Morgan fingerprint density at radius 3 is 3.11 bits per heavy atom. The van der Waals surface area contributed by atoms with E-state index >= 15 is 0 Å². The molecule has 0 saturated carbocycles. The van der Waals surface area contributed by atoms with E-state index in [1.807, 2.05) is 6.20 Å². The van der Waals surface area contributed by atoms with E-state index in [4.69, 9.17) is 0 Å². The summed E-state index contributed by atoms with van der Waals surface area (Å²) in [5.41, 5.74) is 2.20. The lowest BCUT2D eigenvalue weighted by Gasteiger charge is -1.98. The molecule has 46 valence electrons. The van der Waals surface area contributed by atoms with E-state index in [9.17, 15) is 0 Å². The van der Waals surface area contributed by atoms with Crippen molar-refractivity contribution in [2.45, 2.75) is 12.2 Å². The van der Waals surface area contributed by atoms with Gasteiger partial charge in [0.1, 0.15) is 8.80 Å². The minimum atomic E-state index is -0.417. The van der Waals surface area contributed by atoms with Crippen LogP contribution in [0.1, 0.15) is 0 Å². The maximum Gasteiger partial charge on any atom is 0.127 e. The standard InChI is InChI=1S/C5H8N2Si2/c1-9(4-8)5-6-2-3-7-5/h2-3H,4H2,1H3,(H,6,7). The van der Waals surface area contributed by atoms with Crippen molar-refractivity contribution in [1.82, 2.24) is 9.97 Å². The normalized spacial score (nSPS) is 10.6. The van der Waals surface area contributed by atoms with Crippen molar-refractivity contribution in [3.8, 4) is 0 Å². The second-order valence-corrected chi connectivity index (χ2v) is 5.34. The Labute approximate surface area is 59.7 Å². The van der Waals surface area contributed by atoms with Gasteiger partial charge in [-0.25, -0.2) is 4.98 Å². The predicted octanol–water partition coefficient (Wildman–Crippen LogP) is -0.133. The molecule has 0 unspecified atom stereocenters. The Balaban J connectivity index is 2.65. The van der Waals surface area contributed by atoms with Crippen molar-refractivity contribution in [3.63, 3.8) is 0 Å². The molecule has 0 aliphatic heterocycles. The molecule has 1 N–H and O–H groups in total. The van der Waals surface area contributed by atoms with Gasteiger partial charge in [-0.1, -0.05) is 12.2 Å². The van der Waals surface area contributed by atoms with Crippen LogP contribution in [0.4, 0.5) is 0 Å². The van der Waals surface area contributed by atoms with Crippen molar-refractivity contribution in [1.29, 1.82) is 0 Å². The van der Waals surface area contributed by atoms with E-state index < -0.39 is 8.80 Å². The first kappa shape index (κ1) is 6.76. The van der Waals surface area contributed by atoms with Crippen molar-refractivity contribution >= 4 is 24.5 Å². The van der Waals surface area contributed by atoms with Crippen LogP contribution < -0.4 is 5.45 Å². The van der Waals surface area contributed by atoms with Gasteiger partial charge >= 0.3 is 0 Å². The second-order valence-electron chi connectivity index (χ2n) is 1.89. The van der Waals surface area contributed by atoms with Crippen molar-refractivity contribution < 1.29 is 0 Å². The second kappa shape index (κ2) is 2.98. The van der Waals surface area contributed by atoms with Crippen LogP contribution in [0.3, 0.4) is 0 Å². The molecule has 9 heavy (non-hydrogen) atoms. The van der Waals surface area contributed by atoms with Gasteiger partial charge in [0.15, 0.2) is 0 Å². The highest BCUT2D eigenvalue weighted by Gasteiger charge is 2.05. The van der Waals surface area contributed by atoms with E-state index in [1.54, 1.807) is 6.20 Å². The fourth-order valence-corrected chi connectivity index (χ4v) is 1.88. The minimum absolute atomic E-state index is 0.417. The van der Waals surface area contributed by atoms with Crippen LogP contribution in [0, 0.1) is 0 Å². The maximum absolute atomic E-state index is 4.15. The number of imidazole rings is 1. The predicted molar refractivity (Wildman–Crippen MR) is 40.4 cm³/mol. The quantitative estimate of drug-likeness (QED) is 0.588. The number of rotatable bonds is 2. The van der Waals surface area contributed by atoms with Gasteiger partial charge in [0.2, 0.25) is 0 Å². The van der Waals surface area contributed by atoms with Crippen LogP contribution in [-0.2, 0) is 0 Å². The molecule has 2 nitrogen and oxygen atoms in total. The Kier molecular flexibility index (Phi) is 2.24. The molecule has 0 spiro atoms. The highest BCUT2D eigenvalue weighted by molar-refractivity contribution is 6.75. The largest absolute Gasteiger partial charge is 0.353 e. The first-order chi connectivity index (χ1) is 4.34. The van der Waals surface area contributed by atoms with Crippen LogP contribution in [0.5, 0.6) is 0 Å². The molecule has 1 aromatic heterocycles. The summed E-state index contributed by atoms with van der Waals surface area (Å²) in [6.07, 6.45) is 3.66. The number of aromatic nitrogens is 2. The molecule has 1 aromatic rings. The monoisotopic (exact) mass is 152 g/mol. The third-order valence-electron chi connectivity index (χ3n) is 1.17. The lowest BCUT2D eigenvalue weighted by molar-refractivity contribution is 1.38. The summed E-state index contributed by atoms with van der Waals surface area (Å²) in [5, 5.41) is 0. The van der Waals surface area contributed by atoms with Crippen LogP contribution in [0.2, 0.25) is 12.2 Å². The van der Waals surface area contributed by atoms with E-state index in [2.05, 4.69) is 26.8 Å². The topological polar surface area (TPSA) is 28.7 Å². The first-order valence-corrected chi connectivity index (χ1v) is 5.73. The fourth-order valence-electron chi connectivity index (χ4n) is 0.582. The molecule has 4 heteroatoms. The highest BCUT2D eigenvalue weighted by Crippen LogP contribution is 1.83. The zero-order valence-corrected chi connectivity index (χ0v) is 7.31. The van der Waals surface area contributed by atoms with E-state index in [-0.39, 0.29) is 0 Å². The van der Waals surface area contributed by atoms with Gasteiger partial charge < -0.3 is 4.98 Å². The van der Waals surface area contributed by atoms with Gasteiger partial charge in [0, 0.05) is 22.6 Å². The molecular formula is C5H8N2Si2. The highest BCUT2D eigenvalue weighted by atomic mass is 28.3. The molecule has 0 amide bonds. The van der Waals surface area contributed by atoms with Gasteiger partial charge in [-0.3, -0.25) is 0 Å². The number of hydrogen-bond donors (Lipinski definition) is 1. The minimum Gasteiger partial charge on any atom is -0.353 e. The number of nitrogens with zero attached hydrogens (tertiary/aromatic N) is 1. The van der Waals surface area contributed by atoms with E-state index in [0.29, 0.717) is 0 Å². The maximum atomic E-state index is 4.15. The SMILES string of the molecule is C[Si](C[Si])c1ncc[nH]1. The zero-order valence-electron chi connectivity index (χ0n) is 5.31. The van der Waals surface area contributed by atoms with Crippen LogP contribution in [0.15, 0.2) is 12.4 Å². The van der Waals surface area contributed by atoms with Gasteiger partial charge in [0.05, 0.1) is 5.45 Å². The lowest BCUT2D eigenvalue weighted by Crippen LogP contribution is -2.29. The molecule has 1 rings (SSSR count). The first-order valence-electron chi connectivity index (χ1n) is 2.81. The summed E-state index contributed by atoms with van der Waals surface area (Å²) >= 11 is 0. The summed E-state index contributed by atoms with van der Waals surface area (Å²) in [4.78, 5) is 7.24. The molecule has 0 atom stereocenters. The summed E-state index contributed by atoms with van der Waals surface area (Å²) in [6.45, 7) is 2.22. The molecule has 0 aromatic carbocycles. The molecule has 0 saturated heterocycles. The average molecular weight is 152 g/mol. The average Bonchev–Trinajstić information content (AvgIpc) is 2.37. The van der Waals surface area contributed by atoms with Gasteiger partial charge in [0.25, 0.3) is 0 Å². The molecule has 0 aliphatic rings. The molecule has 0 fully saturated rings. The molecule has 4 radical (unpaired) electrons. The smallest absolute Gasteiger partial charge is 0.127 e. The van der Waals surface area contributed by atoms with Gasteiger partial charge in [-0.05, 0) is 0 Å². The summed E-state index contributed by atoms with van der Waals surface area (Å²) in [7, 11) is 3.05. The van der Waals surface area contributed by atoms with E-state index in [0.717, 1.165) is 11.1 Å². The number of aromatic amines is 1. The van der Waals surface area contributed by atoms with E-state index in [1.165, 1.54) is 0 Å². The Morgan fingerprint density at radius 1 is 1.89 bits per heavy atom. The Bertz CT molecular complexity index is 161. The van der Waals surface area contributed by atoms with Crippen molar-refractivity contribution in [2.24, 2.45) is 0 Å². The third-order valence-corrected chi connectivity index (χ3v) is 4.37. The Morgan fingerprint density at radius 2 is 2.67 bits per heavy atom. The fraction of sp³-hybridized carbons (Fsp3) is 0.400. The zero-order chi connectivity index (χ0) is 6.69. The summed E-state index contributed by atoms with van der Waals surface area (Å²) in [5.74, 6) is 0. The van der Waals surface area contributed by atoms with Crippen LogP contribution in [0.25, 0.3) is 0 Å². The molecule has 1 heterocycles. The Hall–Kier alpha value is -0.356. The number of H-pyrrole nitrogens is 1. The molecular weight excluding hydrogens is 144 g/mol. The van der Waals surface area contributed by atoms with Gasteiger partial charge in [-0.2, -0.15) is 0 Å². The summed E-state index contributed by atoms with van der Waals surface area (Å²) in [6, 6.07) is 0. The van der Waals surface area contributed by atoms with Crippen molar-refractivity contribution in [2.75, 3.05) is 0 Å². The van der Waals surface area contributed by atoms with Gasteiger partial charge in [-0.15, -0.1) is 0 Å². The van der Waals surface area contributed by atoms with Crippen LogP contribution >= 0.6 is 0 Å². The summed E-state index contributed by atoms with van der Waals surface area (Å²) < 4.78 is 0. The van der Waals surface area contributed by atoms with Crippen LogP contribution in [-0.4, -0.2) is 29.0 Å². The number of hydrogen-bond acceptors (Lipinski definition) is 1. The van der Waals surface area contributed by atoms with Crippen molar-refractivity contribution in [3.05, 3.63) is 12.4 Å². The molecule has 0 bridgehead atoms. The molecule has 0 aliphatic carbocycles. The lowest BCUT2D eigenvalue weighted by atomic mass is 11.0. The third kappa shape index (κ3) is 1.52. The number of nitrogens with one attached hydrogen (secondary N) is 1.